The number of amides is 2. The Labute approximate surface area is 163 Å². The van der Waals surface area contributed by atoms with Crippen LogP contribution in [0.3, 0.4) is 0 Å². The summed E-state index contributed by atoms with van der Waals surface area (Å²) < 4.78 is 13.9. The molecule has 2 amide bonds. The molecule has 6 nitrogen and oxygen atoms in total. The number of para-hydroxylation sites is 1. The lowest BCUT2D eigenvalue weighted by atomic mass is 10.2. The van der Waals surface area contributed by atoms with Gasteiger partial charge in [-0.25, -0.2) is 4.39 Å². The summed E-state index contributed by atoms with van der Waals surface area (Å²) >= 11 is 0. The molecule has 1 fully saturated rings. The van der Waals surface area contributed by atoms with Crippen LogP contribution in [0, 0.1) is 17.1 Å². The Bertz CT molecular complexity index is 899. The van der Waals surface area contributed by atoms with Crippen molar-refractivity contribution in [2.75, 3.05) is 42.5 Å². The van der Waals surface area contributed by atoms with E-state index in [4.69, 9.17) is 5.26 Å². The third kappa shape index (κ3) is 4.29. The minimum absolute atomic E-state index is 0.0685. The number of anilines is 2. The summed E-state index contributed by atoms with van der Waals surface area (Å²) in [7, 11) is 0. The molecule has 0 aromatic heterocycles. The second-order valence-electron chi connectivity index (χ2n) is 6.58. The van der Waals surface area contributed by atoms with Crippen molar-refractivity contribution in [2.24, 2.45) is 0 Å². The van der Waals surface area contributed by atoms with Crippen molar-refractivity contribution in [1.82, 2.24) is 4.90 Å². The molecule has 3 rings (SSSR count). The van der Waals surface area contributed by atoms with Gasteiger partial charge in [-0.1, -0.05) is 12.1 Å². The van der Waals surface area contributed by atoms with Gasteiger partial charge >= 0.3 is 0 Å². The molecule has 0 aliphatic carbocycles. The van der Waals surface area contributed by atoms with Crippen LogP contribution < -0.4 is 9.80 Å². The standard InChI is InChI=1S/C21H21FN4O2/c1-16(27)26(18-8-6-17(14-23)7-9-18)15-21(28)25-12-10-24(11-13-25)20-5-3-2-4-19(20)22/h2-9H,10-13,15H2,1H3. The van der Waals surface area contributed by atoms with Gasteiger partial charge in [-0.05, 0) is 36.4 Å². The second-order valence-corrected chi connectivity index (χ2v) is 6.58. The van der Waals surface area contributed by atoms with Crippen molar-refractivity contribution >= 4 is 23.2 Å². The van der Waals surface area contributed by atoms with Crippen LogP contribution in [0.15, 0.2) is 48.5 Å². The van der Waals surface area contributed by atoms with Crippen LogP contribution in [-0.4, -0.2) is 49.4 Å². The molecule has 1 aliphatic heterocycles. The topological polar surface area (TPSA) is 67.7 Å². The summed E-state index contributed by atoms with van der Waals surface area (Å²) in [5, 5.41) is 8.89. The fraction of sp³-hybridized carbons (Fsp3) is 0.286. The largest absolute Gasteiger partial charge is 0.366 e. The SMILES string of the molecule is CC(=O)N(CC(=O)N1CCN(c2ccccc2F)CC1)c1ccc(C#N)cc1. The van der Waals surface area contributed by atoms with Gasteiger partial charge in [-0.15, -0.1) is 0 Å². The average Bonchev–Trinajstić information content (AvgIpc) is 2.72. The van der Waals surface area contributed by atoms with E-state index in [-0.39, 0.29) is 24.2 Å². The highest BCUT2D eigenvalue weighted by Crippen LogP contribution is 2.21. The van der Waals surface area contributed by atoms with E-state index in [0.717, 1.165) is 0 Å². The summed E-state index contributed by atoms with van der Waals surface area (Å²) in [5.41, 5.74) is 1.60. The van der Waals surface area contributed by atoms with Crippen LogP contribution in [0.25, 0.3) is 0 Å². The molecule has 1 heterocycles. The van der Waals surface area contributed by atoms with E-state index in [9.17, 15) is 14.0 Å². The number of nitriles is 1. The van der Waals surface area contributed by atoms with Crippen molar-refractivity contribution in [2.45, 2.75) is 6.92 Å². The predicted molar refractivity (Wildman–Crippen MR) is 104 cm³/mol. The molecule has 0 N–H and O–H groups in total. The predicted octanol–water partition coefficient (Wildman–Crippen LogP) is 2.40. The smallest absolute Gasteiger partial charge is 0.242 e. The minimum atomic E-state index is -0.272. The molecule has 144 valence electrons. The zero-order chi connectivity index (χ0) is 20.1. The number of nitrogens with zero attached hydrogens (tertiary/aromatic N) is 4. The highest BCUT2D eigenvalue weighted by Gasteiger charge is 2.25. The molecular formula is C21H21FN4O2. The highest BCUT2D eigenvalue weighted by atomic mass is 19.1. The highest BCUT2D eigenvalue weighted by molar-refractivity contribution is 5.97. The summed E-state index contributed by atoms with van der Waals surface area (Å²) in [6.45, 7) is 3.33. The normalized spacial score (nSPS) is 13.8. The quantitative estimate of drug-likeness (QED) is 0.817. The maximum atomic E-state index is 13.9. The van der Waals surface area contributed by atoms with E-state index in [0.29, 0.717) is 43.1 Å². The molecule has 2 aromatic rings. The van der Waals surface area contributed by atoms with Crippen LogP contribution in [0.4, 0.5) is 15.8 Å². The van der Waals surface area contributed by atoms with Gasteiger partial charge in [0.05, 0.1) is 17.3 Å². The second kappa shape index (κ2) is 8.53. The fourth-order valence-corrected chi connectivity index (χ4v) is 3.24. The average molecular weight is 380 g/mol. The summed E-state index contributed by atoms with van der Waals surface area (Å²) in [6.07, 6.45) is 0. The Morgan fingerprint density at radius 2 is 1.71 bits per heavy atom. The van der Waals surface area contributed by atoms with Gasteiger partial charge in [0.25, 0.3) is 0 Å². The van der Waals surface area contributed by atoms with Gasteiger partial charge in [0.2, 0.25) is 11.8 Å². The molecule has 0 spiro atoms. The Morgan fingerprint density at radius 1 is 1.07 bits per heavy atom. The first-order valence-electron chi connectivity index (χ1n) is 9.05. The maximum Gasteiger partial charge on any atom is 0.242 e. The number of carbonyl (C=O) groups is 2. The van der Waals surface area contributed by atoms with Crippen molar-refractivity contribution < 1.29 is 14.0 Å². The summed E-state index contributed by atoms with van der Waals surface area (Å²) in [6, 6.07) is 15.2. The molecule has 1 aliphatic rings. The van der Waals surface area contributed by atoms with Gasteiger partial charge < -0.3 is 14.7 Å². The minimum Gasteiger partial charge on any atom is -0.366 e. The third-order valence-corrected chi connectivity index (χ3v) is 4.81. The molecule has 0 saturated carbocycles. The first kappa shape index (κ1) is 19.4. The monoisotopic (exact) mass is 380 g/mol. The van der Waals surface area contributed by atoms with E-state index in [2.05, 4.69) is 0 Å². The maximum absolute atomic E-state index is 13.9. The molecule has 0 unspecified atom stereocenters. The van der Waals surface area contributed by atoms with E-state index in [1.807, 2.05) is 11.0 Å². The summed E-state index contributed by atoms with van der Waals surface area (Å²) in [4.78, 5) is 29.7. The van der Waals surface area contributed by atoms with Crippen LogP contribution in [0.5, 0.6) is 0 Å². The molecule has 0 radical (unpaired) electrons. The number of hydrogen-bond donors (Lipinski definition) is 0. The number of hydrogen-bond acceptors (Lipinski definition) is 4. The van der Waals surface area contributed by atoms with Gasteiger partial charge in [0.15, 0.2) is 0 Å². The van der Waals surface area contributed by atoms with Gasteiger partial charge in [0, 0.05) is 38.8 Å². The van der Waals surface area contributed by atoms with Crippen LogP contribution in [0.2, 0.25) is 0 Å². The Hall–Kier alpha value is -3.40. The molecular weight excluding hydrogens is 359 g/mol. The molecule has 1 saturated heterocycles. The number of benzene rings is 2. The van der Waals surface area contributed by atoms with E-state index in [1.54, 1.807) is 47.4 Å². The molecule has 7 heteroatoms. The van der Waals surface area contributed by atoms with Crippen molar-refractivity contribution in [3.63, 3.8) is 0 Å². The molecule has 0 atom stereocenters. The van der Waals surface area contributed by atoms with Crippen molar-refractivity contribution in [3.8, 4) is 6.07 Å². The molecule has 28 heavy (non-hydrogen) atoms. The third-order valence-electron chi connectivity index (χ3n) is 4.81. The van der Waals surface area contributed by atoms with Crippen LogP contribution in [0.1, 0.15) is 12.5 Å². The Kier molecular flexibility index (Phi) is 5.90. The Balaban J connectivity index is 1.63. The van der Waals surface area contributed by atoms with E-state index >= 15 is 0 Å². The summed E-state index contributed by atoms with van der Waals surface area (Å²) in [5.74, 6) is -0.679. The first-order chi connectivity index (χ1) is 13.5. The van der Waals surface area contributed by atoms with Crippen molar-refractivity contribution in [3.05, 3.63) is 59.9 Å². The van der Waals surface area contributed by atoms with Gasteiger partial charge in [0.1, 0.15) is 12.4 Å². The Morgan fingerprint density at radius 3 is 2.29 bits per heavy atom. The van der Waals surface area contributed by atoms with Crippen molar-refractivity contribution in [1.29, 1.82) is 5.26 Å². The molecule has 0 bridgehead atoms. The number of rotatable bonds is 4. The van der Waals surface area contributed by atoms with Crippen LogP contribution >= 0.6 is 0 Å². The zero-order valence-corrected chi connectivity index (χ0v) is 15.6. The number of carbonyl (C=O) groups excluding carboxylic acids is 2. The fourth-order valence-electron chi connectivity index (χ4n) is 3.24. The number of piperazine rings is 1. The molecule has 2 aromatic carbocycles. The first-order valence-corrected chi connectivity index (χ1v) is 9.05. The van der Waals surface area contributed by atoms with E-state index < -0.39 is 0 Å². The lowest BCUT2D eigenvalue weighted by molar-refractivity contribution is -0.131. The lowest BCUT2D eigenvalue weighted by Crippen LogP contribution is -2.52. The number of halogens is 1. The van der Waals surface area contributed by atoms with Gasteiger partial charge in [-0.3, -0.25) is 9.59 Å². The van der Waals surface area contributed by atoms with E-state index in [1.165, 1.54) is 17.9 Å². The van der Waals surface area contributed by atoms with Gasteiger partial charge in [-0.2, -0.15) is 5.26 Å². The lowest BCUT2D eigenvalue weighted by Gasteiger charge is -2.37. The van der Waals surface area contributed by atoms with Crippen LogP contribution in [-0.2, 0) is 9.59 Å². The zero-order valence-electron chi connectivity index (χ0n) is 15.6.